The molecule has 0 atom stereocenters. The molecule has 4 heteroatoms. The van der Waals surface area contributed by atoms with Gasteiger partial charge in [-0.05, 0) is 34.9 Å². The molecule has 9 rings (SSSR count). The van der Waals surface area contributed by atoms with E-state index in [9.17, 15) is 0 Å². The van der Waals surface area contributed by atoms with Crippen LogP contribution >= 0.6 is 11.3 Å². The number of hydrogen-bond acceptors (Lipinski definition) is 4. The molecule has 3 heterocycles. The number of para-hydroxylation sites is 1. The van der Waals surface area contributed by atoms with Crippen LogP contribution in [-0.4, -0.2) is 15.0 Å². The van der Waals surface area contributed by atoms with Crippen molar-refractivity contribution in [1.29, 1.82) is 0 Å². The van der Waals surface area contributed by atoms with E-state index in [0.29, 0.717) is 5.82 Å². The quantitative estimate of drug-likeness (QED) is 0.193. The fourth-order valence-corrected chi connectivity index (χ4v) is 7.58. The monoisotopic (exact) mass is 617 g/mol. The van der Waals surface area contributed by atoms with Gasteiger partial charge in [0.25, 0.3) is 0 Å². The maximum atomic E-state index is 5.11. The fourth-order valence-electron chi connectivity index (χ4n) is 6.36. The van der Waals surface area contributed by atoms with Crippen molar-refractivity contribution >= 4 is 42.5 Å². The van der Waals surface area contributed by atoms with Gasteiger partial charge in [-0.3, -0.25) is 0 Å². The highest BCUT2D eigenvalue weighted by atomic mass is 32.1. The molecule has 0 unspecified atom stereocenters. The Morgan fingerprint density at radius 2 is 0.894 bits per heavy atom. The molecule has 0 saturated heterocycles. The highest BCUT2D eigenvalue weighted by Gasteiger charge is 2.17. The summed E-state index contributed by atoms with van der Waals surface area (Å²) in [6, 6.07) is 57.2. The number of fused-ring (bicyclic) bond motifs is 4. The molecule has 3 nitrogen and oxygen atoms in total. The van der Waals surface area contributed by atoms with E-state index in [1.807, 2.05) is 35.6 Å². The molecule has 0 bridgehead atoms. The average Bonchev–Trinajstić information content (AvgIpc) is 3.52. The Kier molecular flexibility index (Phi) is 6.65. The highest BCUT2D eigenvalue weighted by molar-refractivity contribution is 7.26. The summed E-state index contributed by atoms with van der Waals surface area (Å²) in [5.41, 5.74) is 11.7. The van der Waals surface area contributed by atoms with Crippen LogP contribution in [0.5, 0.6) is 0 Å². The molecular formula is C43H27N3S. The predicted molar refractivity (Wildman–Crippen MR) is 197 cm³/mol. The summed E-state index contributed by atoms with van der Waals surface area (Å²) in [7, 11) is 0. The van der Waals surface area contributed by atoms with Crippen LogP contribution in [0.4, 0.5) is 0 Å². The zero-order valence-electron chi connectivity index (χ0n) is 25.3. The second kappa shape index (κ2) is 11.4. The fraction of sp³-hybridized carbons (Fsp3) is 0. The molecule has 0 radical (unpaired) electrons. The summed E-state index contributed by atoms with van der Waals surface area (Å²) in [5, 5.41) is 2.36. The molecule has 9 aromatic rings. The molecular weight excluding hydrogens is 591 g/mol. The number of benzene rings is 6. The van der Waals surface area contributed by atoms with Crippen LogP contribution < -0.4 is 0 Å². The van der Waals surface area contributed by atoms with Gasteiger partial charge in [-0.25, -0.2) is 15.0 Å². The average molecular weight is 618 g/mol. The van der Waals surface area contributed by atoms with Crippen molar-refractivity contribution < 1.29 is 0 Å². The van der Waals surface area contributed by atoms with Crippen molar-refractivity contribution in [3.8, 4) is 56.2 Å². The zero-order chi connectivity index (χ0) is 31.2. The lowest BCUT2D eigenvalue weighted by atomic mass is 9.97. The minimum Gasteiger partial charge on any atom is -0.246 e. The lowest BCUT2D eigenvalue weighted by Gasteiger charge is -2.12. The molecule has 0 aliphatic carbocycles. The first kappa shape index (κ1) is 27.3. The molecule has 0 spiro atoms. The summed E-state index contributed by atoms with van der Waals surface area (Å²) in [4.78, 5) is 15.2. The van der Waals surface area contributed by atoms with Crippen LogP contribution in [0.2, 0.25) is 0 Å². The van der Waals surface area contributed by atoms with Gasteiger partial charge < -0.3 is 0 Å². The molecule has 0 aliphatic heterocycles. The van der Waals surface area contributed by atoms with Gasteiger partial charge in [0.1, 0.15) is 0 Å². The lowest BCUT2D eigenvalue weighted by molar-refractivity contribution is 1.18. The van der Waals surface area contributed by atoms with Gasteiger partial charge in [0.05, 0.1) is 27.1 Å². The van der Waals surface area contributed by atoms with E-state index in [2.05, 4.69) is 140 Å². The van der Waals surface area contributed by atoms with Crippen LogP contribution in [-0.2, 0) is 0 Å². The molecule has 6 aromatic carbocycles. The molecule has 220 valence electrons. The van der Waals surface area contributed by atoms with Gasteiger partial charge in [-0.15, -0.1) is 11.3 Å². The SMILES string of the molecule is c1ccc(-c2ccc(-c3cc(-c4ccc(-c5c6ccccc6nc6c5sc5ccccc56)cc4)nc(-c4ccccc4)n3)cc2)cc1. The molecule has 0 N–H and O–H groups in total. The Bertz CT molecular complexity index is 2540. The Morgan fingerprint density at radius 3 is 1.57 bits per heavy atom. The molecule has 47 heavy (non-hydrogen) atoms. The standard InChI is InChI=1S/C43H27N3S/c1-3-11-28(12-4-1)29-19-21-30(22-20-29)37-27-38(46-43(45-37)33-13-5-2-6-14-33)31-23-25-32(26-24-31)40-34-15-7-9-17-36(34)44-41-35-16-8-10-18-39(35)47-42(40)41/h1-27H. The van der Waals surface area contributed by atoms with Crippen molar-refractivity contribution in [2.75, 3.05) is 0 Å². The topological polar surface area (TPSA) is 38.7 Å². The smallest absolute Gasteiger partial charge is 0.160 e. The van der Waals surface area contributed by atoms with E-state index in [1.165, 1.54) is 31.5 Å². The van der Waals surface area contributed by atoms with E-state index in [0.717, 1.165) is 50.1 Å². The largest absolute Gasteiger partial charge is 0.246 e. The van der Waals surface area contributed by atoms with Crippen molar-refractivity contribution in [3.05, 3.63) is 164 Å². The molecule has 0 fully saturated rings. The van der Waals surface area contributed by atoms with E-state index in [1.54, 1.807) is 0 Å². The normalized spacial score (nSPS) is 11.4. The number of hydrogen-bond donors (Lipinski definition) is 0. The van der Waals surface area contributed by atoms with Gasteiger partial charge in [-0.1, -0.05) is 146 Å². The Morgan fingerprint density at radius 1 is 0.383 bits per heavy atom. The van der Waals surface area contributed by atoms with Gasteiger partial charge in [0, 0.05) is 37.7 Å². The third-order valence-corrected chi connectivity index (χ3v) is 9.89. The third-order valence-electron chi connectivity index (χ3n) is 8.72. The summed E-state index contributed by atoms with van der Waals surface area (Å²) in [5.74, 6) is 0.710. The van der Waals surface area contributed by atoms with E-state index in [-0.39, 0.29) is 0 Å². The third kappa shape index (κ3) is 4.96. The van der Waals surface area contributed by atoms with Crippen LogP contribution in [0.25, 0.3) is 87.4 Å². The van der Waals surface area contributed by atoms with Gasteiger partial charge >= 0.3 is 0 Å². The van der Waals surface area contributed by atoms with Crippen molar-refractivity contribution in [2.24, 2.45) is 0 Å². The van der Waals surface area contributed by atoms with Gasteiger partial charge in [0.15, 0.2) is 5.82 Å². The van der Waals surface area contributed by atoms with Gasteiger partial charge in [-0.2, -0.15) is 0 Å². The van der Waals surface area contributed by atoms with E-state index >= 15 is 0 Å². The van der Waals surface area contributed by atoms with Crippen LogP contribution in [0, 0.1) is 0 Å². The first-order valence-corrected chi connectivity index (χ1v) is 16.5. The molecule has 0 aliphatic rings. The second-order valence-corrected chi connectivity index (χ2v) is 12.7. The maximum absolute atomic E-state index is 5.11. The Labute approximate surface area is 276 Å². The Hall–Kier alpha value is -5.97. The van der Waals surface area contributed by atoms with Crippen molar-refractivity contribution in [3.63, 3.8) is 0 Å². The highest BCUT2D eigenvalue weighted by Crippen LogP contribution is 2.43. The van der Waals surface area contributed by atoms with Crippen LogP contribution in [0.15, 0.2) is 164 Å². The summed E-state index contributed by atoms with van der Waals surface area (Å²) >= 11 is 1.81. The number of aromatic nitrogens is 3. The zero-order valence-corrected chi connectivity index (χ0v) is 26.2. The van der Waals surface area contributed by atoms with Crippen LogP contribution in [0.3, 0.4) is 0 Å². The Balaban J connectivity index is 1.16. The number of pyridine rings is 1. The first-order valence-electron chi connectivity index (χ1n) is 15.7. The van der Waals surface area contributed by atoms with E-state index < -0.39 is 0 Å². The van der Waals surface area contributed by atoms with Gasteiger partial charge in [0.2, 0.25) is 0 Å². The predicted octanol–water partition coefficient (Wildman–Crippen LogP) is 11.7. The summed E-state index contributed by atoms with van der Waals surface area (Å²) in [6.45, 7) is 0. The van der Waals surface area contributed by atoms with Crippen molar-refractivity contribution in [2.45, 2.75) is 0 Å². The minimum absolute atomic E-state index is 0.710. The second-order valence-electron chi connectivity index (χ2n) is 11.6. The number of thiophene rings is 1. The van der Waals surface area contributed by atoms with Crippen molar-refractivity contribution in [1.82, 2.24) is 15.0 Å². The maximum Gasteiger partial charge on any atom is 0.160 e. The number of rotatable bonds is 5. The molecule has 3 aromatic heterocycles. The minimum atomic E-state index is 0.710. The lowest BCUT2D eigenvalue weighted by Crippen LogP contribution is -1.96. The summed E-state index contributed by atoms with van der Waals surface area (Å²) in [6.07, 6.45) is 0. The van der Waals surface area contributed by atoms with Crippen LogP contribution in [0.1, 0.15) is 0 Å². The molecule has 0 saturated carbocycles. The molecule has 0 amide bonds. The summed E-state index contributed by atoms with van der Waals surface area (Å²) < 4.78 is 2.47. The van der Waals surface area contributed by atoms with E-state index in [4.69, 9.17) is 15.0 Å². The first-order chi connectivity index (χ1) is 23.3. The number of nitrogens with zero attached hydrogens (tertiary/aromatic N) is 3.